The zero-order valence-corrected chi connectivity index (χ0v) is 15.6. The van der Waals surface area contributed by atoms with Crippen molar-refractivity contribution in [1.29, 1.82) is 0 Å². The van der Waals surface area contributed by atoms with Gasteiger partial charge in [-0.25, -0.2) is 0 Å². The molecule has 0 bridgehead atoms. The van der Waals surface area contributed by atoms with Crippen molar-refractivity contribution in [3.63, 3.8) is 0 Å². The molecular weight excluding hydrogens is 340 g/mol. The number of hydrogen-bond donors (Lipinski definition) is 0. The van der Waals surface area contributed by atoms with Crippen LogP contribution in [0.2, 0.25) is 0 Å². The quantitative estimate of drug-likeness (QED) is 0.277. The number of ether oxygens (including phenoxy) is 1. The Labute approximate surface area is 162 Å². The van der Waals surface area contributed by atoms with Crippen molar-refractivity contribution in [3.8, 4) is 5.75 Å². The summed E-state index contributed by atoms with van der Waals surface area (Å²) in [5.41, 5.74) is 0. The Morgan fingerprint density at radius 3 is 1.29 bits per heavy atom. The van der Waals surface area contributed by atoms with Crippen molar-refractivity contribution in [2.45, 2.75) is 0 Å². The van der Waals surface area contributed by atoms with Crippen LogP contribution in [0, 0.1) is 0 Å². The van der Waals surface area contributed by atoms with Crippen LogP contribution < -0.4 is 4.74 Å². The largest absolute Gasteiger partial charge is 0.497 e. The molecule has 0 fully saturated rings. The highest BCUT2D eigenvalue weighted by Gasteiger charge is 2.15. The Kier molecular flexibility index (Phi) is 3.15. The summed E-state index contributed by atoms with van der Waals surface area (Å²) in [5, 5.41) is 13.0. The predicted octanol–water partition coefficient (Wildman–Crippen LogP) is 7.46. The second kappa shape index (κ2) is 5.71. The third-order valence-electron chi connectivity index (χ3n) is 5.92. The van der Waals surface area contributed by atoms with Gasteiger partial charge in [0.05, 0.1) is 7.11 Å². The van der Waals surface area contributed by atoms with E-state index in [-0.39, 0.29) is 0 Å². The number of fused-ring (bicyclic) bond motifs is 11. The molecule has 0 aliphatic rings. The maximum Gasteiger partial charge on any atom is 0.119 e. The lowest BCUT2D eigenvalue weighted by molar-refractivity contribution is 0.415. The van der Waals surface area contributed by atoms with E-state index in [1.54, 1.807) is 7.11 Å². The lowest BCUT2D eigenvalue weighted by atomic mass is 9.87. The van der Waals surface area contributed by atoms with E-state index in [4.69, 9.17) is 4.74 Å². The molecule has 6 aromatic rings. The van der Waals surface area contributed by atoms with Crippen LogP contribution in [-0.4, -0.2) is 7.11 Å². The fraction of sp³-hybridized carbons (Fsp3) is 0.0370. The molecule has 0 aliphatic carbocycles. The molecule has 132 valence electrons. The van der Waals surface area contributed by atoms with Gasteiger partial charge >= 0.3 is 0 Å². The van der Waals surface area contributed by atoms with Crippen LogP contribution >= 0.6 is 0 Å². The average molecular weight is 358 g/mol. The molecule has 0 amide bonds. The first-order valence-electron chi connectivity index (χ1n) is 9.58. The first-order valence-corrected chi connectivity index (χ1v) is 9.58. The topological polar surface area (TPSA) is 9.23 Å². The van der Waals surface area contributed by atoms with Crippen LogP contribution in [0.3, 0.4) is 0 Å². The minimum absolute atomic E-state index is 0.891. The highest BCUT2D eigenvalue weighted by Crippen LogP contribution is 2.44. The minimum Gasteiger partial charge on any atom is -0.497 e. The number of hydrogen-bond acceptors (Lipinski definition) is 1. The molecule has 0 heterocycles. The van der Waals surface area contributed by atoms with Gasteiger partial charge in [-0.15, -0.1) is 0 Å². The molecule has 0 aromatic heterocycles. The van der Waals surface area contributed by atoms with Gasteiger partial charge in [-0.2, -0.15) is 0 Å². The predicted molar refractivity (Wildman–Crippen MR) is 121 cm³/mol. The molecular formula is C27H18O. The maximum atomic E-state index is 5.54. The van der Waals surface area contributed by atoms with Gasteiger partial charge in [0.2, 0.25) is 0 Å². The molecule has 28 heavy (non-hydrogen) atoms. The Morgan fingerprint density at radius 1 is 0.429 bits per heavy atom. The van der Waals surface area contributed by atoms with Crippen molar-refractivity contribution in [2.24, 2.45) is 0 Å². The van der Waals surface area contributed by atoms with Crippen LogP contribution in [0.15, 0.2) is 91.0 Å². The van der Waals surface area contributed by atoms with Crippen LogP contribution in [-0.2, 0) is 0 Å². The minimum atomic E-state index is 0.891. The Balaban J connectivity index is 2.07. The molecule has 6 aromatic carbocycles. The van der Waals surface area contributed by atoms with Gasteiger partial charge in [0.15, 0.2) is 0 Å². The van der Waals surface area contributed by atoms with Crippen molar-refractivity contribution in [3.05, 3.63) is 91.0 Å². The second-order valence-electron chi connectivity index (χ2n) is 7.30. The molecule has 0 spiro atoms. The molecule has 0 N–H and O–H groups in total. The van der Waals surface area contributed by atoms with Crippen LogP contribution in [0.1, 0.15) is 0 Å². The highest BCUT2D eigenvalue weighted by atomic mass is 16.5. The summed E-state index contributed by atoms with van der Waals surface area (Å²) in [6.45, 7) is 0. The van der Waals surface area contributed by atoms with E-state index in [9.17, 15) is 0 Å². The van der Waals surface area contributed by atoms with E-state index < -0.39 is 0 Å². The molecule has 0 radical (unpaired) electrons. The fourth-order valence-corrected chi connectivity index (χ4v) is 4.73. The van der Waals surface area contributed by atoms with E-state index in [1.165, 1.54) is 53.9 Å². The Morgan fingerprint density at radius 2 is 0.821 bits per heavy atom. The number of benzene rings is 6. The second-order valence-corrected chi connectivity index (χ2v) is 7.30. The first kappa shape index (κ1) is 15.5. The lowest BCUT2D eigenvalue weighted by Gasteiger charge is -2.16. The third-order valence-corrected chi connectivity index (χ3v) is 5.92. The average Bonchev–Trinajstić information content (AvgIpc) is 2.78. The van der Waals surface area contributed by atoms with Gasteiger partial charge in [0, 0.05) is 0 Å². The molecule has 1 heteroatoms. The molecule has 0 saturated carbocycles. The zero-order chi connectivity index (χ0) is 18.7. The number of rotatable bonds is 1. The highest BCUT2D eigenvalue weighted by molar-refractivity contribution is 6.39. The van der Waals surface area contributed by atoms with Crippen LogP contribution in [0.25, 0.3) is 53.9 Å². The van der Waals surface area contributed by atoms with Crippen LogP contribution in [0.5, 0.6) is 5.75 Å². The van der Waals surface area contributed by atoms with Crippen molar-refractivity contribution in [2.75, 3.05) is 7.11 Å². The van der Waals surface area contributed by atoms with E-state index in [1.807, 2.05) is 0 Å². The molecule has 1 nitrogen and oxygen atoms in total. The summed E-state index contributed by atoms with van der Waals surface area (Å²) >= 11 is 0. The van der Waals surface area contributed by atoms with Gasteiger partial charge in [-0.3, -0.25) is 0 Å². The Bertz CT molecular complexity index is 1540. The standard InChI is InChI=1S/C27H18O/c1-28-17-14-15-24-25(16-17)20-10-4-7-13-23(20)26-21-11-5-2-8-18(21)19-9-3-6-12-22(19)27(24)26/h2-16H,1H3. The summed E-state index contributed by atoms with van der Waals surface area (Å²) in [6.07, 6.45) is 0. The van der Waals surface area contributed by atoms with E-state index in [0.29, 0.717) is 0 Å². The molecule has 0 saturated heterocycles. The monoisotopic (exact) mass is 358 g/mol. The first-order chi connectivity index (χ1) is 13.9. The van der Waals surface area contributed by atoms with E-state index in [0.717, 1.165) is 5.75 Å². The van der Waals surface area contributed by atoms with Crippen LogP contribution in [0.4, 0.5) is 0 Å². The Hall–Kier alpha value is -3.58. The van der Waals surface area contributed by atoms with E-state index in [2.05, 4.69) is 91.0 Å². The summed E-state index contributed by atoms with van der Waals surface area (Å²) in [6, 6.07) is 32.7. The summed E-state index contributed by atoms with van der Waals surface area (Å²) in [5.74, 6) is 0.891. The fourth-order valence-electron chi connectivity index (χ4n) is 4.73. The van der Waals surface area contributed by atoms with Gasteiger partial charge in [-0.05, 0) is 66.0 Å². The van der Waals surface area contributed by atoms with Crippen molar-refractivity contribution >= 4 is 53.9 Å². The SMILES string of the molecule is COc1ccc2c(c1)c1ccccc1c1c3ccccc3c3ccccc3c21. The molecule has 0 unspecified atom stereocenters. The zero-order valence-electron chi connectivity index (χ0n) is 15.6. The van der Waals surface area contributed by atoms with Crippen molar-refractivity contribution in [1.82, 2.24) is 0 Å². The summed E-state index contributed by atoms with van der Waals surface area (Å²) in [4.78, 5) is 0. The molecule has 0 aliphatic heterocycles. The van der Waals surface area contributed by atoms with Gasteiger partial charge < -0.3 is 4.74 Å². The number of methoxy groups -OCH3 is 1. The molecule has 0 atom stereocenters. The van der Waals surface area contributed by atoms with Gasteiger partial charge in [-0.1, -0.05) is 78.9 Å². The van der Waals surface area contributed by atoms with E-state index >= 15 is 0 Å². The lowest BCUT2D eigenvalue weighted by Crippen LogP contribution is -1.89. The third kappa shape index (κ3) is 1.96. The maximum absolute atomic E-state index is 5.54. The smallest absolute Gasteiger partial charge is 0.119 e. The van der Waals surface area contributed by atoms with Crippen molar-refractivity contribution < 1.29 is 4.74 Å². The summed E-state index contributed by atoms with van der Waals surface area (Å²) in [7, 11) is 1.73. The normalized spacial score (nSPS) is 11.8. The van der Waals surface area contributed by atoms with Gasteiger partial charge in [0.25, 0.3) is 0 Å². The molecule has 6 rings (SSSR count). The van der Waals surface area contributed by atoms with Gasteiger partial charge in [0.1, 0.15) is 5.75 Å². The summed E-state index contributed by atoms with van der Waals surface area (Å²) < 4.78 is 5.54.